The van der Waals surface area contributed by atoms with Gasteiger partial charge in [-0.15, -0.1) is 0 Å². The van der Waals surface area contributed by atoms with Crippen molar-refractivity contribution in [3.8, 4) is 11.5 Å². The largest absolute Gasteiger partial charge is 0.505 e. The zero-order valence-electron chi connectivity index (χ0n) is 9.44. The molecule has 4 heteroatoms. The normalized spacial score (nSPS) is 10.7. The number of nitrogens with zero attached hydrogens (tertiary/aromatic N) is 1. The summed E-state index contributed by atoms with van der Waals surface area (Å²) in [6.07, 6.45) is 0. The van der Waals surface area contributed by atoms with E-state index in [1.54, 1.807) is 32.2 Å². The van der Waals surface area contributed by atoms with E-state index in [0.29, 0.717) is 22.3 Å². The molecule has 0 saturated heterocycles. The summed E-state index contributed by atoms with van der Waals surface area (Å²) in [7, 11) is 1.56. The van der Waals surface area contributed by atoms with Crippen LogP contribution in [0.3, 0.4) is 0 Å². The van der Waals surface area contributed by atoms with E-state index < -0.39 is 0 Å². The Kier molecular flexibility index (Phi) is 2.34. The minimum Gasteiger partial charge on any atom is -0.505 e. The standard InChI is InChI=1S/C12H13NO3/c1-7-12(15)10-6-9(16-3)4-5-11(10)13(7)8(2)14/h4-6,15H,1-3H3. The van der Waals surface area contributed by atoms with Crippen LogP contribution in [0.1, 0.15) is 17.4 Å². The smallest absolute Gasteiger partial charge is 0.228 e. The molecule has 2 rings (SSSR count). The van der Waals surface area contributed by atoms with Crippen molar-refractivity contribution < 1.29 is 14.6 Å². The van der Waals surface area contributed by atoms with Gasteiger partial charge < -0.3 is 9.84 Å². The van der Waals surface area contributed by atoms with E-state index in [0.717, 1.165) is 0 Å². The number of fused-ring (bicyclic) bond motifs is 1. The van der Waals surface area contributed by atoms with Crippen molar-refractivity contribution in [3.05, 3.63) is 23.9 Å². The second-order valence-corrected chi connectivity index (χ2v) is 3.67. The van der Waals surface area contributed by atoms with Crippen LogP contribution in [-0.2, 0) is 0 Å². The van der Waals surface area contributed by atoms with Gasteiger partial charge in [-0.1, -0.05) is 0 Å². The van der Waals surface area contributed by atoms with E-state index in [-0.39, 0.29) is 11.7 Å². The summed E-state index contributed by atoms with van der Waals surface area (Å²) in [6, 6.07) is 5.25. The van der Waals surface area contributed by atoms with Gasteiger partial charge in [0.1, 0.15) is 11.5 Å². The molecule has 0 aliphatic rings. The molecule has 1 aromatic carbocycles. The molecule has 0 fully saturated rings. The molecule has 0 saturated carbocycles. The number of benzene rings is 1. The van der Waals surface area contributed by atoms with Crippen molar-refractivity contribution in [2.75, 3.05) is 7.11 Å². The molecule has 0 atom stereocenters. The van der Waals surface area contributed by atoms with Crippen LogP contribution in [0.15, 0.2) is 18.2 Å². The first-order chi connectivity index (χ1) is 7.56. The molecular weight excluding hydrogens is 206 g/mol. The topological polar surface area (TPSA) is 51.5 Å². The Labute approximate surface area is 93.1 Å². The van der Waals surface area contributed by atoms with Gasteiger partial charge in [0.05, 0.1) is 18.3 Å². The van der Waals surface area contributed by atoms with Crippen LogP contribution in [0.2, 0.25) is 0 Å². The maximum absolute atomic E-state index is 11.5. The van der Waals surface area contributed by atoms with Gasteiger partial charge in [-0.05, 0) is 25.1 Å². The minimum atomic E-state index is -0.118. The van der Waals surface area contributed by atoms with E-state index in [4.69, 9.17) is 4.74 Å². The number of carbonyl (C=O) groups excluding carboxylic acids is 1. The molecule has 84 valence electrons. The number of methoxy groups -OCH3 is 1. The molecule has 0 aliphatic carbocycles. The van der Waals surface area contributed by atoms with Crippen molar-refractivity contribution >= 4 is 16.8 Å². The van der Waals surface area contributed by atoms with E-state index in [1.807, 2.05) is 0 Å². The van der Waals surface area contributed by atoms with Crippen molar-refractivity contribution in [3.63, 3.8) is 0 Å². The van der Waals surface area contributed by atoms with Crippen molar-refractivity contribution in [1.82, 2.24) is 4.57 Å². The third-order valence-electron chi connectivity index (χ3n) is 2.69. The number of rotatable bonds is 1. The lowest BCUT2D eigenvalue weighted by molar-refractivity contribution is 0.0939. The lowest BCUT2D eigenvalue weighted by Gasteiger charge is -2.02. The van der Waals surface area contributed by atoms with E-state index in [9.17, 15) is 9.90 Å². The van der Waals surface area contributed by atoms with Crippen LogP contribution in [0.4, 0.5) is 0 Å². The summed E-state index contributed by atoms with van der Waals surface area (Å²) in [6.45, 7) is 3.18. The van der Waals surface area contributed by atoms with Crippen LogP contribution in [0.5, 0.6) is 11.5 Å². The van der Waals surface area contributed by atoms with Gasteiger partial charge in [-0.25, -0.2) is 0 Å². The fraction of sp³-hybridized carbons (Fsp3) is 0.250. The molecule has 0 radical (unpaired) electrons. The third-order valence-corrected chi connectivity index (χ3v) is 2.69. The Bertz CT molecular complexity index is 569. The predicted molar refractivity (Wildman–Crippen MR) is 61.2 cm³/mol. The highest BCUT2D eigenvalue weighted by Crippen LogP contribution is 2.33. The summed E-state index contributed by atoms with van der Waals surface area (Å²) in [5.74, 6) is 0.667. The molecule has 1 aromatic heterocycles. The number of hydrogen-bond donors (Lipinski definition) is 1. The number of ether oxygens (including phenoxy) is 1. The molecule has 0 amide bonds. The van der Waals surface area contributed by atoms with Crippen molar-refractivity contribution in [1.29, 1.82) is 0 Å². The molecule has 1 N–H and O–H groups in total. The summed E-state index contributed by atoms with van der Waals surface area (Å²) >= 11 is 0. The summed E-state index contributed by atoms with van der Waals surface area (Å²) in [5, 5.41) is 10.6. The highest BCUT2D eigenvalue weighted by atomic mass is 16.5. The first kappa shape index (κ1) is 10.5. The fourth-order valence-electron chi connectivity index (χ4n) is 1.91. The van der Waals surface area contributed by atoms with E-state index in [2.05, 4.69) is 0 Å². The van der Waals surface area contributed by atoms with Crippen LogP contribution in [0, 0.1) is 6.92 Å². The van der Waals surface area contributed by atoms with Gasteiger partial charge in [0.2, 0.25) is 5.91 Å². The first-order valence-electron chi connectivity index (χ1n) is 4.95. The van der Waals surface area contributed by atoms with Crippen LogP contribution >= 0.6 is 0 Å². The SMILES string of the molecule is COc1ccc2c(c1)c(O)c(C)n2C(C)=O. The Morgan fingerprint density at radius 2 is 2.12 bits per heavy atom. The summed E-state index contributed by atoms with van der Waals surface area (Å²) in [4.78, 5) is 11.5. The first-order valence-corrected chi connectivity index (χ1v) is 4.95. The Morgan fingerprint density at radius 1 is 1.44 bits per heavy atom. The monoisotopic (exact) mass is 219 g/mol. The number of aromatic nitrogens is 1. The van der Waals surface area contributed by atoms with Crippen molar-refractivity contribution in [2.45, 2.75) is 13.8 Å². The van der Waals surface area contributed by atoms with Gasteiger partial charge in [0.15, 0.2) is 0 Å². The summed E-state index contributed by atoms with van der Waals surface area (Å²) < 4.78 is 6.57. The quantitative estimate of drug-likeness (QED) is 0.800. The van der Waals surface area contributed by atoms with Gasteiger partial charge in [0, 0.05) is 12.3 Å². The molecule has 0 unspecified atom stereocenters. The second kappa shape index (κ2) is 3.56. The van der Waals surface area contributed by atoms with E-state index >= 15 is 0 Å². The highest BCUT2D eigenvalue weighted by Gasteiger charge is 2.16. The Hall–Kier alpha value is -1.97. The van der Waals surface area contributed by atoms with Gasteiger partial charge >= 0.3 is 0 Å². The average Bonchev–Trinajstić information content (AvgIpc) is 2.51. The third kappa shape index (κ3) is 1.34. The molecule has 0 bridgehead atoms. The minimum absolute atomic E-state index is 0.118. The molecule has 2 aromatic rings. The predicted octanol–water partition coefficient (Wildman–Crippen LogP) is 2.32. The Morgan fingerprint density at radius 3 is 2.69 bits per heavy atom. The molecule has 4 nitrogen and oxygen atoms in total. The maximum Gasteiger partial charge on any atom is 0.228 e. The van der Waals surface area contributed by atoms with Crippen LogP contribution in [-0.4, -0.2) is 22.7 Å². The Balaban J connectivity index is 2.84. The maximum atomic E-state index is 11.5. The fourth-order valence-corrected chi connectivity index (χ4v) is 1.91. The molecule has 16 heavy (non-hydrogen) atoms. The zero-order chi connectivity index (χ0) is 11.9. The van der Waals surface area contributed by atoms with Crippen LogP contribution < -0.4 is 4.74 Å². The number of carbonyl (C=O) groups is 1. The molecule has 1 heterocycles. The zero-order valence-corrected chi connectivity index (χ0v) is 9.44. The lowest BCUT2D eigenvalue weighted by Crippen LogP contribution is -2.06. The summed E-state index contributed by atoms with van der Waals surface area (Å²) in [5.41, 5.74) is 1.25. The van der Waals surface area contributed by atoms with Gasteiger partial charge in [-0.2, -0.15) is 0 Å². The molecule has 0 spiro atoms. The van der Waals surface area contributed by atoms with Crippen molar-refractivity contribution in [2.24, 2.45) is 0 Å². The number of aromatic hydroxyl groups is 1. The lowest BCUT2D eigenvalue weighted by atomic mass is 10.2. The second-order valence-electron chi connectivity index (χ2n) is 3.67. The van der Waals surface area contributed by atoms with E-state index in [1.165, 1.54) is 11.5 Å². The number of hydrogen-bond acceptors (Lipinski definition) is 3. The molecule has 0 aliphatic heterocycles. The van der Waals surface area contributed by atoms with Gasteiger partial charge in [-0.3, -0.25) is 9.36 Å². The average molecular weight is 219 g/mol. The highest BCUT2D eigenvalue weighted by molar-refractivity contribution is 5.97. The molecular formula is C12H13NO3. The van der Waals surface area contributed by atoms with Gasteiger partial charge in [0.25, 0.3) is 0 Å². The van der Waals surface area contributed by atoms with Crippen LogP contribution in [0.25, 0.3) is 10.9 Å².